The van der Waals surface area contributed by atoms with Gasteiger partial charge in [-0.1, -0.05) is 13.8 Å². The van der Waals surface area contributed by atoms with Crippen molar-refractivity contribution in [2.75, 3.05) is 18.0 Å². The molecular formula is C15H24N6. The van der Waals surface area contributed by atoms with Gasteiger partial charge in [-0.15, -0.1) is 10.2 Å². The Morgan fingerprint density at radius 2 is 2.19 bits per heavy atom. The molecule has 0 saturated carbocycles. The van der Waals surface area contributed by atoms with Gasteiger partial charge in [-0.2, -0.15) is 0 Å². The Morgan fingerprint density at radius 1 is 1.33 bits per heavy atom. The molecule has 114 valence electrons. The molecule has 6 heteroatoms. The number of hydrogen-bond donors (Lipinski definition) is 1. The Kier molecular flexibility index (Phi) is 4.05. The summed E-state index contributed by atoms with van der Waals surface area (Å²) in [4.78, 5) is 7.00. The summed E-state index contributed by atoms with van der Waals surface area (Å²) >= 11 is 0. The second-order valence-corrected chi connectivity index (χ2v) is 6.10. The molecule has 2 aromatic heterocycles. The van der Waals surface area contributed by atoms with Crippen molar-refractivity contribution in [1.82, 2.24) is 24.9 Å². The fraction of sp³-hybridized carbons (Fsp3) is 0.667. The SMILES string of the molecule is Cc1nnc2c(N3CCCCC3CNC(C)C)nccn12. The van der Waals surface area contributed by atoms with Crippen molar-refractivity contribution in [2.24, 2.45) is 0 Å². The summed E-state index contributed by atoms with van der Waals surface area (Å²) in [7, 11) is 0. The molecule has 0 bridgehead atoms. The second-order valence-electron chi connectivity index (χ2n) is 6.10. The van der Waals surface area contributed by atoms with E-state index >= 15 is 0 Å². The maximum Gasteiger partial charge on any atom is 0.203 e. The summed E-state index contributed by atoms with van der Waals surface area (Å²) in [5.74, 6) is 1.87. The number of rotatable bonds is 4. The topological polar surface area (TPSA) is 58.4 Å². The molecule has 3 rings (SSSR count). The number of aromatic nitrogens is 4. The van der Waals surface area contributed by atoms with Crippen molar-refractivity contribution >= 4 is 11.5 Å². The maximum atomic E-state index is 4.60. The first-order valence-corrected chi connectivity index (χ1v) is 7.83. The zero-order valence-electron chi connectivity index (χ0n) is 13.1. The van der Waals surface area contributed by atoms with E-state index in [2.05, 4.69) is 39.2 Å². The molecule has 1 aliphatic rings. The zero-order chi connectivity index (χ0) is 14.8. The minimum absolute atomic E-state index is 0.483. The molecule has 0 radical (unpaired) electrons. The first-order valence-electron chi connectivity index (χ1n) is 7.83. The molecule has 1 atom stereocenters. The largest absolute Gasteiger partial charge is 0.349 e. The average Bonchev–Trinajstić information content (AvgIpc) is 2.87. The molecule has 0 aromatic carbocycles. The van der Waals surface area contributed by atoms with Gasteiger partial charge in [0.1, 0.15) is 5.82 Å². The van der Waals surface area contributed by atoms with Gasteiger partial charge in [0.15, 0.2) is 5.82 Å². The van der Waals surface area contributed by atoms with Crippen LogP contribution in [0.3, 0.4) is 0 Å². The highest BCUT2D eigenvalue weighted by Gasteiger charge is 2.26. The lowest BCUT2D eigenvalue weighted by atomic mass is 10.0. The van der Waals surface area contributed by atoms with E-state index in [9.17, 15) is 0 Å². The number of aryl methyl sites for hydroxylation is 1. The van der Waals surface area contributed by atoms with Gasteiger partial charge in [0.2, 0.25) is 5.65 Å². The normalized spacial score (nSPS) is 19.6. The molecule has 1 aliphatic heterocycles. The minimum atomic E-state index is 0.483. The quantitative estimate of drug-likeness (QED) is 0.929. The smallest absolute Gasteiger partial charge is 0.203 e. The molecule has 21 heavy (non-hydrogen) atoms. The molecule has 0 amide bonds. The molecule has 2 aromatic rings. The molecule has 1 N–H and O–H groups in total. The van der Waals surface area contributed by atoms with Crippen molar-refractivity contribution < 1.29 is 0 Å². The van der Waals surface area contributed by atoms with E-state index in [0.717, 1.165) is 30.4 Å². The minimum Gasteiger partial charge on any atom is -0.349 e. The number of hydrogen-bond acceptors (Lipinski definition) is 5. The van der Waals surface area contributed by atoms with Crippen molar-refractivity contribution in [3.8, 4) is 0 Å². The van der Waals surface area contributed by atoms with Crippen LogP contribution in [0.2, 0.25) is 0 Å². The number of piperidine rings is 1. The Bertz CT molecular complexity index is 605. The van der Waals surface area contributed by atoms with Gasteiger partial charge < -0.3 is 10.2 Å². The molecule has 3 heterocycles. The third-order valence-corrected chi connectivity index (χ3v) is 4.14. The highest BCUT2D eigenvalue weighted by atomic mass is 15.3. The van der Waals surface area contributed by atoms with Crippen LogP contribution in [0.1, 0.15) is 38.9 Å². The molecule has 1 saturated heterocycles. The number of fused-ring (bicyclic) bond motifs is 1. The van der Waals surface area contributed by atoms with Gasteiger partial charge in [-0.3, -0.25) is 4.40 Å². The van der Waals surface area contributed by atoms with Crippen molar-refractivity contribution in [1.29, 1.82) is 0 Å². The molecular weight excluding hydrogens is 264 g/mol. The Morgan fingerprint density at radius 3 is 3.00 bits per heavy atom. The Labute approximate surface area is 125 Å². The third-order valence-electron chi connectivity index (χ3n) is 4.14. The lowest BCUT2D eigenvalue weighted by Gasteiger charge is -2.37. The zero-order valence-corrected chi connectivity index (χ0v) is 13.1. The fourth-order valence-electron chi connectivity index (χ4n) is 2.99. The Hall–Kier alpha value is -1.69. The van der Waals surface area contributed by atoms with E-state index in [1.807, 2.05) is 23.7 Å². The average molecular weight is 288 g/mol. The van der Waals surface area contributed by atoms with Crippen LogP contribution in [0, 0.1) is 6.92 Å². The van der Waals surface area contributed by atoms with Crippen LogP contribution in [-0.2, 0) is 0 Å². The summed E-state index contributed by atoms with van der Waals surface area (Å²) < 4.78 is 2.02. The molecule has 1 fully saturated rings. The summed E-state index contributed by atoms with van der Waals surface area (Å²) in [6.07, 6.45) is 7.49. The lowest BCUT2D eigenvalue weighted by Crippen LogP contribution is -2.47. The van der Waals surface area contributed by atoms with Crippen molar-refractivity contribution in [2.45, 2.75) is 52.1 Å². The highest BCUT2D eigenvalue weighted by Crippen LogP contribution is 2.25. The van der Waals surface area contributed by atoms with Gasteiger partial charge in [0.05, 0.1) is 0 Å². The monoisotopic (exact) mass is 288 g/mol. The summed E-state index contributed by atoms with van der Waals surface area (Å²) in [5.41, 5.74) is 0.867. The molecule has 6 nitrogen and oxygen atoms in total. The molecule has 0 spiro atoms. The van der Waals surface area contributed by atoms with E-state index in [-0.39, 0.29) is 0 Å². The molecule has 0 aliphatic carbocycles. The predicted octanol–water partition coefficient (Wildman–Crippen LogP) is 1.79. The van der Waals surface area contributed by atoms with Crippen molar-refractivity contribution in [3.63, 3.8) is 0 Å². The van der Waals surface area contributed by atoms with Crippen LogP contribution in [0.5, 0.6) is 0 Å². The third kappa shape index (κ3) is 2.85. The Balaban J connectivity index is 1.91. The summed E-state index contributed by atoms with van der Waals surface area (Å²) in [6.45, 7) is 8.39. The van der Waals surface area contributed by atoms with E-state index < -0.39 is 0 Å². The van der Waals surface area contributed by atoms with Crippen LogP contribution >= 0.6 is 0 Å². The van der Waals surface area contributed by atoms with Crippen LogP contribution in [-0.4, -0.2) is 44.8 Å². The van der Waals surface area contributed by atoms with E-state index in [4.69, 9.17) is 0 Å². The first kappa shape index (κ1) is 14.3. The number of anilines is 1. The predicted molar refractivity (Wildman–Crippen MR) is 83.6 cm³/mol. The highest BCUT2D eigenvalue weighted by molar-refractivity contribution is 5.64. The van der Waals surface area contributed by atoms with Crippen LogP contribution in [0.25, 0.3) is 5.65 Å². The summed E-state index contributed by atoms with van der Waals surface area (Å²) in [6, 6.07) is 0.990. The van der Waals surface area contributed by atoms with Crippen LogP contribution in [0.4, 0.5) is 5.82 Å². The molecule has 1 unspecified atom stereocenters. The van der Waals surface area contributed by atoms with Crippen LogP contribution < -0.4 is 10.2 Å². The number of nitrogens with one attached hydrogen (secondary N) is 1. The van der Waals surface area contributed by atoms with E-state index in [1.54, 1.807) is 0 Å². The first-order chi connectivity index (χ1) is 10.2. The van der Waals surface area contributed by atoms with Gasteiger partial charge >= 0.3 is 0 Å². The van der Waals surface area contributed by atoms with Gasteiger partial charge in [-0.25, -0.2) is 4.98 Å². The standard InChI is InChI=1S/C15H24N6/c1-11(2)17-10-13-6-4-5-8-21(13)14-15-19-18-12(3)20(15)9-7-16-14/h7,9,11,13,17H,4-6,8,10H2,1-3H3. The lowest BCUT2D eigenvalue weighted by molar-refractivity contribution is 0.419. The summed E-state index contributed by atoms with van der Waals surface area (Å²) in [5, 5.41) is 12.0. The van der Waals surface area contributed by atoms with Gasteiger partial charge in [0, 0.05) is 37.6 Å². The fourth-order valence-corrected chi connectivity index (χ4v) is 2.99. The maximum absolute atomic E-state index is 4.60. The van der Waals surface area contributed by atoms with E-state index in [0.29, 0.717) is 12.1 Å². The van der Waals surface area contributed by atoms with Crippen molar-refractivity contribution in [3.05, 3.63) is 18.2 Å². The van der Waals surface area contributed by atoms with Crippen LogP contribution in [0.15, 0.2) is 12.4 Å². The van der Waals surface area contributed by atoms with Gasteiger partial charge in [-0.05, 0) is 26.2 Å². The second kappa shape index (κ2) is 5.97. The van der Waals surface area contributed by atoms with E-state index in [1.165, 1.54) is 19.3 Å². The van der Waals surface area contributed by atoms with Gasteiger partial charge in [0.25, 0.3) is 0 Å². The number of nitrogens with zero attached hydrogens (tertiary/aromatic N) is 5.